The van der Waals surface area contributed by atoms with Crippen LogP contribution in [0.15, 0.2) is 12.2 Å². The van der Waals surface area contributed by atoms with Gasteiger partial charge in [0.15, 0.2) is 0 Å². The molecule has 0 spiro atoms. The molecule has 0 fully saturated rings. The van der Waals surface area contributed by atoms with Gasteiger partial charge in [-0.05, 0) is 38.2 Å². The van der Waals surface area contributed by atoms with Gasteiger partial charge in [-0.15, -0.1) is 0 Å². The van der Waals surface area contributed by atoms with E-state index >= 15 is 0 Å². The summed E-state index contributed by atoms with van der Waals surface area (Å²) in [7, 11) is 0. The van der Waals surface area contributed by atoms with Crippen LogP contribution in [-0.4, -0.2) is 56.9 Å². The number of carbonyl (C=O) groups excluding carboxylic acids is 1. The number of cyclic esters (lactones) is 1. The third kappa shape index (κ3) is 7.75. The zero-order valence-electron chi connectivity index (χ0n) is 14.5. The van der Waals surface area contributed by atoms with E-state index in [2.05, 4.69) is 6.92 Å². The predicted octanol–water partition coefficient (Wildman–Crippen LogP) is 1.44. The van der Waals surface area contributed by atoms with Crippen LogP contribution < -0.4 is 0 Å². The molecule has 140 valence electrons. The number of carbonyl (C=O) groups is 1. The number of unbranched alkanes of at least 4 members (excludes halogenated alkanes) is 2. The van der Waals surface area contributed by atoms with Gasteiger partial charge in [0.25, 0.3) is 0 Å². The maximum Gasteiger partial charge on any atom is 0.330 e. The van der Waals surface area contributed by atoms with E-state index in [4.69, 9.17) is 4.74 Å². The molecule has 1 aliphatic heterocycles. The molecule has 1 rings (SSSR count). The topological polar surface area (TPSA) is 107 Å². The van der Waals surface area contributed by atoms with Crippen LogP contribution >= 0.6 is 0 Å². The fraction of sp³-hybridized carbons (Fsp3) is 0.833. The third-order valence-electron chi connectivity index (χ3n) is 4.46. The number of esters is 1. The average molecular weight is 344 g/mol. The molecule has 0 bridgehead atoms. The lowest BCUT2D eigenvalue weighted by atomic mass is 9.97. The second-order valence-corrected chi connectivity index (χ2v) is 6.59. The molecule has 6 nitrogen and oxygen atoms in total. The highest BCUT2D eigenvalue weighted by molar-refractivity contribution is 5.82. The van der Waals surface area contributed by atoms with Crippen molar-refractivity contribution in [3.05, 3.63) is 12.2 Å². The molecule has 0 aromatic rings. The highest BCUT2D eigenvalue weighted by Crippen LogP contribution is 2.18. The van der Waals surface area contributed by atoms with Crippen molar-refractivity contribution in [2.45, 2.75) is 95.2 Å². The lowest BCUT2D eigenvalue weighted by Crippen LogP contribution is -2.43. The third-order valence-corrected chi connectivity index (χ3v) is 4.46. The van der Waals surface area contributed by atoms with E-state index in [0.29, 0.717) is 12.8 Å². The molecular weight excluding hydrogens is 312 g/mol. The van der Waals surface area contributed by atoms with E-state index < -0.39 is 30.4 Å². The van der Waals surface area contributed by atoms with E-state index in [1.165, 1.54) is 0 Å². The van der Waals surface area contributed by atoms with Gasteiger partial charge >= 0.3 is 5.97 Å². The first-order valence-corrected chi connectivity index (χ1v) is 9.06. The minimum absolute atomic E-state index is 0.144. The summed E-state index contributed by atoms with van der Waals surface area (Å²) in [6.45, 7) is 2.12. The first-order valence-electron chi connectivity index (χ1n) is 9.06. The molecule has 0 radical (unpaired) electrons. The Morgan fingerprint density at radius 2 is 1.75 bits per heavy atom. The summed E-state index contributed by atoms with van der Waals surface area (Å²) < 4.78 is 5.44. The number of ether oxygens (including phenoxy) is 1. The van der Waals surface area contributed by atoms with Gasteiger partial charge in [0.05, 0.1) is 6.10 Å². The molecular formula is C18H32O6. The molecule has 24 heavy (non-hydrogen) atoms. The van der Waals surface area contributed by atoms with Gasteiger partial charge in [-0.3, -0.25) is 0 Å². The number of aliphatic hydroxyl groups is 4. The van der Waals surface area contributed by atoms with Crippen LogP contribution in [-0.2, 0) is 9.53 Å². The minimum atomic E-state index is -1.55. The van der Waals surface area contributed by atoms with Crippen LogP contribution in [0.4, 0.5) is 0 Å². The lowest BCUT2D eigenvalue weighted by molar-refractivity contribution is -0.144. The first-order chi connectivity index (χ1) is 11.5. The van der Waals surface area contributed by atoms with E-state index in [1.54, 1.807) is 0 Å². The standard InChI is InChI=1S/C18H32O6/c1-2-3-5-8-13-9-6-4-7-10-14(19)17(22)18(23)15(20)11-12-16(21)24-13/h11-15,17-20,22-23H,2-10H2,1H3/t13-,14-,15-,17+,18-/m1/s1. The lowest BCUT2D eigenvalue weighted by Gasteiger charge is -2.25. The van der Waals surface area contributed by atoms with Crippen LogP contribution in [0.1, 0.15) is 64.7 Å². The summed E-state index contributed by atoms with van der Waals surface area (Å²) in [5.74, 6) is -0.560. The largest absolute Gasteiger partial charge is 0.459 e. The van der Waals surface area contributed by atoms with E-state index in [0.717, 1.165) is 57.1 Å². The molecule has 1 aliphatic rings. The summed E-state index contributed by atoms with van der Waals surface area (Å²) >= 11 is 0. The SMILES string of the molecule is CCCCC[C@@H]1CCCCC[C@@H](O)[C@H](O)[C@H](O)[C@H](O)C=CC(=O)O1. The second kappa shape index (κ2) is 11.6. The average Bonchev–Trinajstić information content (AvgIpc) is 2.56. The molecule has 0 unspecified atom stereocenters. The zero-order chi connectivity index (χ0) is 17.9. The van der Waals surface area contributed by atoms with Crippen molar-refractivity contribution < 1.29 is 30.0 Å². The Hall–Kier alpha value is -0.950. The fourth-order valence-corrected chi connectivity index (χ4v) is 2.88. The summed E-state index contributed by atoms with van der Waals surface area (Å²) in [5, 5.41) is 39.4. The normalized spacial score (nSPS) is 33.7. The summed E-state index contributed by atoms with van der Waals surface area (Å²) in [4.78, 5) is 11.9. The second-order valence-electron chi connectivity index (χ2n) is 6.59. The van der Waals surface area contributed by atoms with Crippen LogP contribution in [0.2, 0.25) is 0 Å². The molecule has 6 heteroatoms. The Labute approximate surface area is 144 Å². The number of rotatable bonds is 4. The molecule has 4 N–H and O–H groups in total. The Morgan fingerprint density at radius 3 is 2.46 bits per heavy atom. The van der Waals surface area contributed by atoms with Gasteiger partial charge in [-0.1, -0.05) is 32.6 Å². The highest BCUT2D eigenvalue weighted by atomic mass is 16.5. The van der Waals surface area contributed by atoms with Gasteiger partial charge in [-0.25, -0.2) is 4.79 Å². The molecule has 0 saturated carbocycles. The summed E-state index contributed by atoms with van der Waals surface area (Å²) in [6, 6.07) is 0. The summed E-state index contributed by atoms with van der Waals surface area (Å²) in [6.07, 6.45) is 4.06. The van der Waals surface area contributed by atoms with Crippen molar-refractivity contribution >= 4 is 5.97 Å². The van der Waals surface area contributed by atoms with E-state index in [1.807, 2.05) is 0 Å². The van der Waals surface area contributed by atoms with Crippen molar-refractivity contribution in [3.63, 3.8) is 0 Å². The maximum atomic E-state index is 11.9. The maximum absolute atomic E-state index is 11.9. The zero-order valence-corrected chi connectivity index (χ0v) is 14.5. The number of aliphatic hydroxyl groups excluding tert-OH is 4. The molecule has 0 saturated heterocycles. The Kier molecular flexibility index (Phi) is 10.2. The molecule has 5 atom stereocenters. The Balaban J connectivity index is 2.71. The smallest absolute Gasteiger partial charge is 0.330 e. The fourth-order valence-electron chi connectivity index (χ4n) is 2.88. The van der Waals surface area contributed by atoms with Crippen LogP contribution in [0.3, 0.4) is 0 Å². The van der Waals surface area contributed by atoms with Gasteiger partial charge < -0.3 is 25.2 Å². The predicted molar refractivity (Wildman–Crippen MR) is 90.3 cm³/mol. The van der Waals surface area contributed by atoms with Crippen molar-refractivity contribution in [1.29, 1.82) is 0 Å². The molecule has 1 heterocycles. The van der Waals surface area contributed by atoms with Gasteiger partial charge in [0.2, 0.25) is 0 Å². The molecule has 0 aliphatic carbocycles. The number of hydrogen-bond donors (Lipinski definition) is 4. The van der Waals surface area contributed by atoms with Crippen LogP contribution in [0, 0.1) is 0 Å². The highest BCUT2D eigenvalue weighted by Gasteiger charge is 2.29. The van der Waals surface area contributed by atoms with Crippen LogP contribution in [0.5, 0.6) is 0 Å². The Morgan fingerprint density at radius 1 is 1.04 bits per heavy atom. The van der Waals surface area contributed by atoms with Gasteiger partial charge in [-0.2, -0.15) is 0 Å². The molecule has 0 amide bonds. The van der Waals surface area contributed by atoms with Gasteiger partial charge in [0, 0.05) is 6.08 Å². The van der Waals surface area contributed by atoms with E-state index in [-0.39, 0.29) is 6.10 Å². The summed E-state index contributed by atoms with van der Waals surface area (Å²) in [5.41, 5.74) is 0. The van der Waals surface area contributed by atoms with Crippen molar-refractivity contribution in [2.24, 2.45) is 0 Å². The monoisotopic (exact) mass is 344 g/mol. The van der Waals surface area contributed by atoms with Gasteiger partial charge in [0.1, 0.15) is 24.4 Å². The van der Waals surface area contributed by atoms with Crippen molar-refractivity contribution in [1.82, 2.24) is 0 Å². The molecule has 0 aromatic heterocycles. The molecule has 0 aromatic carbocycles. The van der Waals surface area contributed by atoms with Crippen LogP contribution in [0.25, 0.3) is 0 Å². The van der Waals surface area contributed by atoms with Crippen molar-refractivity contribution in [2.75, 3.05) is 0 Å². The quantitative estimate of drug-likeness (QED) is 0.454. The van der Waals surface area contributed by atoms with Crippen molar-refractivity contribution in [3.8, 4) is 0 Å². The first kappa shape index (κ1) is 21.1. The minimum Gasteiger partial charge on any atom is -0.459 e. The Bertz CT molecular complexity index is 384. The van der Waals surface area contributed by atoms with E-state index in [9.17, 15) is 25.2 Å². The number of hydrogen-bond acceptors (Lipinski definition) is 6.